The van der Waals surface area contributed by atoms with E-state index in [0.717, 1.165) is 25.7 Å². The lowest BCUT2D eigenvalue weighted by atomic mass is 10.2. The summed E-state index contributed by atoms with van der Waals surface area (Å²) >= 11 is 0. The molecule has 0 atom stereocenters. The van der Waals surface area contributed by atoms with Crippen LogP contribution in [0.1, 0.15) is 31.2 Å². The van der Waals surface area contributed by atoms with Gasteiger partial charge in [-0.3, -0.25) is 9.59 Å². The number of carbonyl (C=O) groups is 2. The molecule has 0 aromatic heterocycles. The van der Waals surface area contributed by atoms with Gasteiger partial charge in [-0.05, 0) is 25.0 Å². The van der Waals surface area contributed by atoms with Crippen LogP contribution in [-0.4, -0.2) is 50.2 Å². The molecule has 1 saturated heterocycles. The maximum atomic E-state index is 12.1. The minimum atomic E-state index is -0.727. The summed E-state index contributed by atoms with van der Waals surface area (Å²) in [5.41, 5.74) is 2.92. The predicted molar refractivity (Wildman–Crippen MR) is 90.3 cm³/mol. The number of rotatable bonds is 4. The molecule has 1 aromatic carbocycles. The van der Waals surface area contributed by atoms with Crippen LogP contribution < -0.4 is 14.9 Å². The van der Waals surface area contributed by atoms with Crippen LogP contribution in [0, 0.1) is 0 Å². The van der Waals surface area contributed by atoms with E-state index in [1.807, 2.05) is 0 Å². The molecule has 1 heterocycles. The van der Waals surface area contributed by atoms with Crippen molar-refractivity contribution < 1.29 is 19.1 Å². The van der Waals surface area contributed by atoms with Crippen molar-refractivity contribution in [3.8, 4) is 11.5 Å². The molecule has 24 heavy (non-hydrogen) atoms. The second kappa shape index (κ2) is 8.90. The molecule has 0 aliphatic carbocycles. The van der Waals surface area contributed by atoms with Gasteiger partial charge < -0.3 is 14.4 Å². The Morgan fingerprint density at radius 3 is 2.46 bits per heavy atom. The molecule has 1 N–H and O–H groups in total. The molecule has 0 saturated carbocycles. The Balaban J connectivity index is 1.98. The average Bonchev–Trinajstić information content (AvgIpc) is 2.89. The molecule has 7 heteroatoms. The number of para-hydroxylation sites is 1. The first-order chi connectivity index (χ1) is 11.7. The summed E-state index contributed by atoms with van der Waals surface area (Å²) in [4.78, 5) is 25.6. The van der Waals surface area contributed by atoms with Crippen LogP contribution in [0.25, 0.3) is 0 Å². The summed E-state index contributed by atoms with van der Waals surface area (Å²) in [6, 6.07) is 5.32. The molecule has 0 unspecified atom stereocenters. The zero-order valence-electron chi connectivity index (χ0n) is 14.1. The van der Waals surface area contributed by atoms with Gasteiger partial charge >= 0.3 is 11.8 Å². The molecule has 0 bridgehead atoms. The van der Waals surface area contributed by atoms with Gasteiger partial charge in [-0.2, -0.15) is 5.10 Å². The van der Waals surface area contributed by atoms with Crippen LogP contribution in [0.2, 0.25) is 0 Å². The Bertz CT molecular complexity index is 608. The quantitative estimate of drug-likeness (QED) is 0.515. The highest BCUT2D eigenvalue weighted by molar-refractivity contribution is 6.35. The molecule has 2 rings (SSSR count). The lowest BCUT2D eigenvalue weighted by molar-refractivity contribution is -0.145. The molecule has 0 spiro atoms. The maximum absolute atomic E-state index is 12.1. The van der Waals surface area contributed by atoms with Crippen LogP contribution in [-0.2, 0) is 9.59 Å². The number of hydrazone groups is 1. The van der Waals surface area contributed by atoms with E-state index in [1.54, 1.807) is 30.2 Å². The molecular weight excluding hydrogens is 310 g/mol. The number of likely N-dealkylation sites (tertiary alicyclic amines) is 1. The lowest BCUT2D eigenvalue weighted by Gasteiger charge is -2.18. The van der Waals surface area contributed by atoms with E-state index in [4.69, 9.17) is 9.47 Å². The molecule has 2 amide bonds. The Morgan fingerprint density at radius 2 is 1.83 bits per heavy atom. The topological polar surface area (TPSA) is 80.2 Å². The molecule has 7 nitrogen and oxygen atoms in total. The highest BCUT2D eigenvalue weighted by Crippen LogP contribution is 2.29. The number of nitrogens with zero attached hydrogens (tertiary/aromatic N) is 2. The summed E-state index contributed by atoms with van der Waals surface area (Å²) in [5.74, 6) is -0.188. The third-order valence-corrected chi connectivity index (χ3v) is 3.89. The summed E-state index contributed by atoms with van der Waals surface area (Å²) in [6.07, 6.45) is 5.49. The van der Waals surface area contributed by atoms with Gasteiger partial charge in [0, 0.05) is 18.7 Å². The van der Waals surface area contributed by atoms with Crippen molar-refractivity contribution in [2.45, 2.75) is 25.7 Å². The van der Waals surface area contributed by atoms with Crippen LogP contribution in [0.4, 0.5) is 0 Å². The summed E-state index contributed by atoms with van der Waals surface area (Å²) in [5, 5.41) is 3.86. The monoisotopic (exact) mass is 333 g/mol. The van der Waals surface area contributed by atoms with Gasteiger partial charge in [0.05, 0.1) is 20.4 Å². The maximum Gasteiger partial charge on any atom is 0.329 e. The van der Waals surface area contributed by atoms with Gasteiger partial charge in [-0.1, -0.05) is 18.9 Å². The number of carbonyl (C=O) groups excluding carboxylic acids is 2. The van der Waals surface area contributed by atoms with E-state index >= 15 is 0 Å². The number of amides is 2. The van der Waals surface area contributed by atoms with Crippen LogP contribution in [0.15, 0.2) is 23.3 Å². The lowest BCUT2D eigenvalue weighted by Crippen LogP contribution is -2.41. The average molecular weight is 333 g/mol. The summed E-state index contributed by atoms with van der Waals surface area (Å²) < 4.78 is 10.5. The third kappa shape index (κ3) is 4.47. The number of ether oxygens (including phenoxy) is 2. The minimum Gasteiger partial charge on any atom is -0.493 e. The SMILES string of the molecule is COc1cccc(/C=N\NC(=O)C(=O)N2CCCCCC2)c1OC. The Labute approximate surface area is 141 Å². The smallest absolute Gasteiger partial charge is 0.329 e. The first-order valence-electron chi connectivity index (χ1n) is 8.00. The van der Waals surface area contributed by atoms with Crippen LogP contribution in [0.3, 0.4) is 0 Å². The fourth-order valence-electron chi connectivity index (χ4n) is 2.64. The van der Waals surface area contributed by atoms with Gasteiger partial charge in [-0.15, -0.1) is 0 Å². The standard InChI is InChI=1S/C17H23N3O4/c1-23-14-9-7-8-13(15(14)24-2)12-18-19-16(21)17(22)20-10-5-3-4-6-11-20/h7-9,12H,3-6,10-11H2,1-2H3,(H,19,21)/b18-12-. The fourth-order valence-corrected chi connectivity index (χ4v) is 2.64. The molecular formula is C17H23N3O4. The largest absolute Gasteiger partial charge is 0.493 e. The van der Waals surface area contributed by atoms with Gasteiger partial charge in [0.15, 0.2) is 11.5 Å². The third-order valence-electron chi connectivity index (χ3n) is 3.89. The van der Waals surface area contributed by atoms with Crippen molar-refractivity contribution in [3.63, 3.8) is 0 Å². The fraction of sp³-hybridized carbons (Fsp3) is 0.471. The second-order valence-electron chi connectivity index (χ2n) is 5.49. The molecule has 1 aliphatic rings. The Kier molecular flexibility index (Phi) is 6.60. The van der Waals surface area contributed by atoms with Gasteiger partial charge in [-0.25, -0.2) is 5.43 Å². The van der Waals surface area contributed by atoms with Crippen molar-refractivity contribution in [3.05, 3.63) is 23.8 Å². The Morgan fingerprint density at radius 1 is 1.12 bits per heavy atom. The van der Waals surface area contributed by atoms with E-state index in [0.29, 0.717) is 30.2 Å². The molecule has 1 aromatic rings. The van der Waals surface area contributed by atoms with Crippen molar-refractivity contribution in [1.82, 2.24) is 10.3 Å². The first kappa shape index (κ1) is 17.8. The van der Waals surface area contributed by atoms with Crippen molar-refractivity contribution in [2.75, 3.05) is 27.3 Å². The van der Waals surface area contributed by atoms with E-state index < -0.39 is 11.8 Å². The van der Waals surface area contributed by atoms with E-state index in [2.05, 4.69) is 10.5 Å². The number of hydrogen-bond acceptors (Lipinski definition) is 5. The zero-order valence-corrected chi connectivity index (χ0v) is 14.1. The number of nitrogens with one attached hydrogen (secondary N) is 1. The van der Waals surface area contributed by atoms with Gasteiger partial charge in [0.2, 0.25) is 0 Å². The van der Waals surface area contributed by atoms with Crippen molar-refractivity contribution in [1.29, 1.82) is 0 Å². The summed E-state index contributed by atoms with van der Waals surface area (Å²) in [7, 11) is 3.07. The van der Waals surface area contributed by atoms with E-state index in [9.17, 15) is 9.59 Å². The molecule has 1 fully saturated rings. The zero-order chi connectivity index (χ0) is 17.4. The summed E-state index contributed by atoms with van der Waals surface area (Å²) in [6.45, 7) is 1.25. The number of benzene rings is 1. The predicted octanol–water partition coefficient (Wildman–Crippen LogP) is 1.56. The highest BCUT2D eigenvalue weighted by Gasteiger charge is 2.22. The van der Waals surface area contributed by atoms with Gasteiger partial charge in [0.1, 0.15) is 0 Å². The molecule has 130 valence electrons. The van der Waals surface area contributed by atoms with E-state index in [1.165, 1.54) is 13.3 Å². The van der Waals surface area contributed by atoms with Gasteiger partial charge in [0.25, 0.3) is 0 Å². The minimum absolute atomic E-state index is 0.511. The second-order valence-corrected chi connectivity index (χ2v) is 5.49. The normalized spacial score (nSPS) is 15.0. The molecule has 1 aliphatic heterocycles. The van der Waals surface area contributed by atoms with Crippen molar-refractivity contribution >= 4 is 18.0 Å². The van der Waals surface area contributed by atoms with Crippen LogP contribution >= 0.6 is 0 Å². The molecule has 0 radical (unpaired) electrons. The highest BCUT2D eigenvalue weighted by atomic mass is 16.5. The Hall–Kier alpha value is -2.57. The van der Waals surface area contributed by atoms with E-state index in [-0.39, 0.29) is 0 Å². The number of hydrogen-bond donors (Lipinski definition) is 1. The van der Waals surface area contributed by atoms with Crippen LogP contribution in [0.5, 0.6) is 11.5 Å². The first-order valence-corrected chi connectivity index (χ1v) is 8.00. The van der Waals surface area contributed by atoms with Crippen molar-refractivity contribution in [2.24, 2.45) is 5.10 Å². The number of methoxy groups -OCH3 is 2.